The molecule has 2 rings (SSSR count). The first-order valence-electron chi connectivity index (χ1n) is 5.86. The molecule has 0 bridgehead atoms. The predicted octanol–water partition coefficient (Wildman–Crippen LogP) is 0.639. The van der Waals surface area contributed by atoms with Gasteiger partial charge in [0.1, 0.15) is 11.4 Å². The molecule has 1 aromatic rings. The molecule has 0 spiro atoms. The Morgan fingerprint density at radius 2 is 2.33 bits per heavy atom. The Kier molecular flexibility index (Phi) is 3.63. The van der Waals surface area contributed by atoms with Gasteiger partial charge in [-0.15, -0.1) is 10.2 Å². The van der Waals surface area contributed by atoms with E-state index in [-0.39, 0.29) is 11.2 Å². The van der Waals surface area contributed by atoms with Crippen LogP contribution >= 0.6 is 11.8 Å². The normalized spacial score (nSPS) is 27.4. The molecule has 2 atom stereocenters. The highest BCUT2D eigenvalue weighted by molar-refractivity contribution is 7.99. The number of rotatable bonds is 3. The topological polar surface area (TPSA) is 83.0 Å². The Hall–Kier alpha value is -1.08. The summed E-state index contributed by atoms with van der Waals surface area (Å²) in [6.07, 6.45) is 2.17. The average Bonchev–Trinajstić information content (AvgIpc) is 2.87. The molecule has 0 radical (unpaired) electrons. The first-order valence-corrected chi connectivity index (χ1v) is 6.74. The van der Waals surface area contributed by atoms with Gasteiger partial charge in [0.05, 0.1) is 7.11 Å². The molecule has 1 aromatic heterocycles. The Morgan fingerprint density at radius 1 is 1.61 bits per heavy atom. The van der Waals surface area contributed by atoms with E-state index in [1.54, 1.807) is 11.8 Å². The van der Waals surface area contributed by atoms with Gasteiger partial charge in [-0.3, -0.25) is 4.79 Å². The van der Waals surface area contributed by atoms with Gasteiger partial charge in [0.2, 0.25) is 0 Å². The van der Waals surface area contributed by atoms with Gasteiger partial charge in [0, 0.05) is 12.3 Å². The summed E-state index contributed by atoms with van der Waals surface area (Å²) in [5.41, 5.74) is 5.24. The van der Waals surface area contributed by atoms with Crippen molar-refractivity contribution < 1.29 is 9.53 Å². The summed E-state index contributed by atoms with van der Waals surface area (Å²) in [5.74, 6) is 0.558. The van der Waals surface area contributed by atoms with E-state index in [2.05, 4.69) is 10.2 Å². The molecular formula is C11H18N4O2S. The Bertz CT molecular complexity index is 462. The zero-order chi connectivity index (χ0) is 13.3. The summed E-state index contributed by atoms with van der Waals surface area (Å²) >= 11 is 1.63. The summed E-state index contributed by atoms with van der Waals surface area (Å²) in [5, 5.41) is 9.28. The van der Waals surface area contributed by atoms with Crippen molar-refractivity contribution in [3.63, 3.8) is 0 Å². The van der Waals surface area contributed by atoms with E-state index in [0.29, 0.717) is 12.8 Å². The molecule has 0 aliphatic heterocycles. The summed E-state index contributed by atoms with van der Waals surface area (Å²) in [6, 6.07) is 0. The van der Waals surface area contributed by atoms with Gasteiger partial charge >= 0.3 is 5.97 Å². The van der Waals surface area contributed by atoms with Gasteiger partial charge in [-0.1, -0.05) is 11.8 Å². The fourth-order valence-corrected chi connectivity index (χ4v) is 3.45. The third-order valence-corrected chi connectivity index (χ3v) is 4.72. The molecule has 100 valence electrons. The number of carbonyl (C=O) groups is 1. The number of thioether (sulfide) groups is 1. The van der Waals surface area contributed by atoms with E-state index in [0.717, 1.165) is 17.4 Å². The fourth-order valence-electron chi connectivity index (χ4n) is 2.16. The lowest BCUT2D eigenvalue weighted by atomic mass is 10.00. The number of hydrogen-bond acceptors (Lipinski definition) is 6. The molecule has 1 heterocycles. The Labute approximate surface area is 110 Å². The first kappa shape index (κ1) is 13.4. The highest BCUT2D eigenvalue weighted by Gasteiger charge is 2.43. The molecule has 1 aliphatic carbocycles. The summed E-state index contributed by atoms with van der Waals surface area (Å²) in [7, 11) is 3.31. The van der Waals surface area contributed by atoms with Gasteiger partial charge in [0.25, 0.3) is 0 Å². The minimum Gasteiger partial charge on any atom is -0.468 e. The second-order valence-corrected chi connectivity index (χ2v) is 5.99. The van der Waals surface area contributed by atoms with E-state index in [1.807, 2.05) is 18.5 Å². The van der Waals surface area contributed by atoms with E-state index in [4.69, 9.17) is 10.5 Å². The second-order valence-electron chi connectivity index (χ2n) is 4.72. The van der Waals surface area contributed by atoms with Gasteiger partial charge in [-0.2, -0.15) is 0 Å². The number of methoxy groups -OCH3 is 1. The van der Waals surface area contributed by atoms with Gasteiger partial charge < -0.3 is 15.0 Å². The van der Waals surface area contributed by atoms with Crippen LogP contribution in [0, 0.1) is 6.92 Å². The molecular weight excluding hydrogens is 252 g/mol. The molecule has 2 unspecified atom stereocenters. The predicted molar refractivity (Wildman–Crippen MR) is 68.2 cm³/mol. The summed E-state index contributed by atoms with van der Waals surface area (Å²) in [6.45, 7) is 1.91. The summed E-state index contributed by atoms with van der Waals surface area (Å²) in [4.78, 5) is 11.6. The van der Waals surface area contributed by atoms with Crippen LogP contribution in [0.5, 0.6) is 0 Å². The standard InChI is InChI=1S/C11H18N4O2S/c1-7-13-14-10(15(7)2)18-8-4-5-11(12,6-8)9(16)17-3/h8H,4-6,12H2,1-3H3. The monoisotopic (exact) mass is 270 g/mol. The number of esters is 1. The number of nitrogens with zero attached hydrogens (tertiary/aromatic N) is 3. The maximum Gasteiger partial charge on any atom is 0.325 e. The van der Waals surface area contributed by atoms with Gasteiger partial charge in [-0.25, -0.2) is 0 Å². The fraction of sp³-hybridized carbons (Fsp3) is 0.727. The van der Waals surface area contributed by atoms with Crippen LogP contribution in [0.4, 0.5) is 0 Å². The lowest BCUT2D eigenvalue weighted by Crippen LogP contribution is -2.46. The van der Waals surface area contributed by atoms with Gasteiger partial charge in [-0.05, 0) is 26.2 Å². The van der Waals surface area contributed by atoms with Crippen LogP contribution < -0.4 is 5.73 Å². The third kappa shape index (κ3) is 2.37. The number of aryl methyl sites for hydroxylation is 1. The molecule has 18 heavy (non-hydrogen) atoms. The molecule has 6 nitrogen and oxygen atoms in total. The molecule has 2 N–H and O–H groups in total. The lowest BCUT2D eigenvalue weighted by molar-refractivity contribution is -0.146. The zero-order valence-electron chi connectivity index (χ0n) is 10.8. The number of ether oxygens (including phenoxy) is 1. The van der Waals surface area contributed by atoms with E-state index in [9.17, 15) is 4.79 Å². The first-order chi connectivity index (χ1) is 8.46. The van der Waals surface area contributed by atoms with Crippen molar-refractivity contribution in [3.8, 4) is 0 Å². The van der Waals surface area contributed by atoms with Gasteiger partial charge in [0.15, 0.2) is 5.16 Å². The third-order valence-electron chi connectivity index (χ3n) is 3.42. The molecule has 1 aliphatic rings. The van der Waals surface area contributed by atoms with Crippen LogP contribution in [-0.4, -0.2) is 38.6 Å². The van der Waals surface area contributed by atoms with Crippen LogP contribution in [0.25, 0.3) is 0 Å². The van der Waals surface area contributed by atoms with Crippen LogP contribution in [0.3, 0.4) is 0 Å². The molecule has 1 saturated carbocycles. The smallest absolute Gasteiger partial charge is 0.325 e. The minimum atomic E-state index is -0.833. The largest absolute Gasteiger partial charge is 0.468 e. The van der Waals surface area contributed by atoms with Crippen molar-refractivity contribution in [3.05, 3.63) is 5.82 Å². The Morgan fingerprint density at radius 3 is 2.89 bits per heavy atom. The number of carbonyl (C=O) groups excluding carboxylic acids is 1. The SMILES string of the molecule is COC(=O)C1(N)CCC(Sc2nnc(C)n2C)C1. The number of nitrogens with two attached hydrogens (primary N) is 1. The lowest BCUT2D eigenvalue weighted by Gasteiger charge is -2.20. The zero-order valence-corrected chi connectivity index (χ0v) is 11.7. The average molecular weight is 270 g/mol. The molecule has 0 aromatic carbocycles. The second kappa shape index (κ2) is 4.89. The number of hydrogen-bond donors (Lipinski definition) is 1. The van der Waals surface area contributed by atoms with Crippen molar-refractivity contribution in [2.45, 2.75) is 42.1 Å². The maximum absolute atomic E-state index is 11.6. The van der Waals surface area contributed by atoms with E-state index in [1.165, 1.54) is 7.11 Å². The Balaban J connectivity index is 2.02. The highest BCUT2D eigenvalue weighted by atomic mass is 32.2. The number of aromatic nitrogens is 3. The van der Waals surface area contributed by atoms with E-state index >= 15 is 0 Å². The van der Waals surface area contributed by atoms with Crippen molar-refractivity contribution in [2.75, 3.05) is 7.11 Å². The van der Waals surface area contributed by atoms with E-state index < -0.39 is 5.54 Å². The van der Waals surface area contributed by atoms with Crippen LogP contribution in [0.2, 0.25) is 0 Å². The molecule has 7 heteroatoms. The summed E-state index contributed by atoms with van der Waals surface area (Å²) < 4.78 is 6.70. The molecule has 0 amide bonds. The van der Waals surface area contributed by atoms with Crippen LogP contribution in [0.1, 0.15) is 25.1 Å². The van der Waals surface area contributed by atoms with Crippen LogP contribution in [-0.2, 0) is 16.6 Å². The van der Waals surface area contributed by atoms with Crippen molar-refractivity contribution in [1.82, 2.24) is 14.8 Å². The maximum atomic E-state index is 11.6. The van der Waals surface area contributed by atoms with Crippen LogP contribution in [0.15, 0.2) is 5.16 Å². The van der Waals surface area contributed by atoms with Crippen molar-refractivity contribution >= 4 is 17.7 Å². The molecule has 1 fully saturated rings. The molecule has 0 saturated heterocycles. The highest BCUT2D eigenvalue weighted by Crippen LogP contribution is 2.38. The quantitative estimate of drug-likeness (QED) is 0.811. The van der Waals surface area contributed by atoms with Crippen molar-refractivity contribution in [1.29, 1.82) is 0 Å². The van der Waals surface area contributed by atoms with Crippen molar-refractivity contribution in [2.24, 2.45) is 12.8 Å². The minimum absolute atomic E-state index is 0.288.